The number of amides is 1. The van der Waals surface area contributed by atoms with Gasteiger partial charge in [0.05, 0.1) is 6.61 Å². The Morgan fingerprint density at radius 2 is 1.93 bits per heavy atom. The minimum absolute atomic E-state index is 0.222. The van der Waals surface area contributed by atoms with Crippen molar-refractivity contribution in [2.75, 3.05) is 18.1 Å². The molecule has 6 nitrogen and oxygen atoms in total. The molecular weight excluding hydrogens is 342 g/mol. The van der Waals surface area contributed by atoms with E-state index >= 15 is 0 Å². The number of guanidine groups is 1. The number of anilines is 1. The Bertz CT molecular complexity index is 895. The minimum atomic E-state index is -0.992. The molecule has 2 aromatic carbocycles. The predicted octanol–water partition coefficient (Wildman–Crippen LogP) is 2.46. The van der Waals surface area contributed by atoms with E-state index in [9.17, 15) is 9.59 Å². The summed E-state index contributed by atoms with van der Waals surface area (Å²) in [6, 6.07) is 16.9. The van der Waals surface area contributed by atoms with Crippen molar-refractivity contribution >= 4 is 23.5 Å². The van der Waals surface area contributed by atoms with Crippen molar-refractivity contribution in [2.24, 2.45) is 10.9 Å². The Balaban J connectivity index is 1.74. The molecule has 0 aromatic heterocycles. The van der Waals surface area contributed by atoms with Crippen molar-refractivity contribution in [3.8, 4) is 0 Å². The summed E-state index contributed by atoms with van der Waals surface area (Å²) in [5.74, 6) is -1.43. The molecule has 2 aliphatic heterocycles. The molecule has 6 heteroatoms. The first-order chi connectivity index (χ1) is 13.2. The average molecular weight is 363 g/mol. The van der Waals surface area contributed by atoms with Crippen LogP contribution in [0.2, 0.25) is 0 Å². The average Bonchev–Trinajstić information content (AvgIpc) is 3.12. The van der Waals surface area contributed by atoms with Gasteiger partial charge in [0.15, 0.2) is 5.92 Å². The maximum atomic E-state index is 12.9. The summed E-state index contributed by atoms with van der Waals surface area (Å²) >= 11 is 0. The van der Waals surface area contributed by atoms with Gasteiger partial charge in [0.2, 0.25) is 11.9 Å². The van der Waals surface area contributed by atoms with Gasteiger partial charge in [0.1, 0.15) is 6.04 Å². The van der Waals surface area contributed by atoms with Crippen molar-refractivity contribution in [3.05, 3.63) is 65.7 Å². The van der Waals surface area contributed by atoms with E-state index in [1.165, 1.54) is 5.56 Å². The third-order valence-corrected chi connectivity index (χ3v) is 4.92. The highest BCUT2D eigenvalue weighted by Crippen LogP contribution is 2.33. The number of rotatable bonds is 3. The normalized spacial score (nSPS) is 21.3. The van der Waals surface area contributed by atoms with E-state index < -0.39 is 17.9 Å². The number of benzene rings is 2. The van der Waals surface area contributed by atoms with Gasteiger partial charge in [-0.2, -0.15) is 0 Å². The fourth-order valence-corrected chi connectivity index (χ4v) is 3.65. The van der Waals surface area contributed by atoms with Gasteiger partial charge in [-0.1, -0.05) is 48.5 Å². The van der Waals surface area contributed by atoms with Crippen LogP contribution in [-0.4, -0.2) is 31.0 Å². The first kappa shape index (κ1) is 17.3. The third-order valence-electron chi connectivity index (χ3n) is 4.92. The van der Waals surface area contributed by atoms with E-state index in [-0.39, 0.29) is 12.5 Å². The van der Waals surface area contributed by atoms with Gasteiger partial charge < -0.3 is 9.64 Å². The number of esters is 1. The minimum Gasteiger partial charge on any atom is -0.465 e. The molecule has 0 radical (unpaired) electrons. The number of nitrogens with one attached hydrogen (secondary N) is 1. The number of hydrogen-bond donors (Lipinski definition) is 1. The summed E-state index contributed by atoms with van der Waals surface area (Å²) in [5, 5.41) is 2.82. The zero-order chi connectivity index (χ0) is 18.8. The molecule has 0 fully saturated rings. The second kappa shape index (κ2) is 7.23. The van der Waals surface area contributed by atoms with Crippen molar-refractivity contribution in [1.82, 2.24) is 5.32 Å². The highest BCUT2D eigenvalue weighted by atomic mass is 16.5. The van der Waals surface area contributed by atoms with Crippen LogP contribution in [0.25, 0.3) is 0 Å². The van der Waals surface area contributed by atoms with Crippen LogP contribution in [0.15, 0.2) is 59.6 Å². The summed E-state index contributed by atoms with van der Waals surface area (Å²) in [4.78, 5) is 32.1. The Kier molecular flexibility index (Phi) is 4.62. The quantitative estimate of drug-likeness (QED) is 0.672. The topological polar surface area (TPSA) is 71.0 Å². The SMILES string of the molecule is CCOC(=O)[C@@H]1C(=O)NC(N2CCc3ccccc32)=N[C@@H]1c1ccccc1. The second-order valence-corrected chi connectivity index (χ2v) is 6.56. The van der Waals surface area contributed by atoms with E-state index in [0.29, 0.717) is 5.96 Å². The fraction of sp³-hybridized carbons (Fsp3) is 0.286. The van der Waals surface area contributed by atoms with Gasteiger partial charge in [-0.15, -0.1) is 0 Å². The lowest BCUT2D eigenvalue weighted by atomic mass is 9.91. The van der Waals surface area contributed by atoms with E-state index in [4.69, 9.17) is 9.73 Å². The number of fused-ring (bicyclic) bond motifs is 1. The van der Waals surface area contributed by atoms with Gasteiger partial charge in [-0.25, -0.2) is 4.99 Å². The van der Waals surface area contributed by atoms with Crippen molar-refractivity contribution < 1.29 is 14.3 Å². The first-order valence-corrected chi connectivity index (χ1v) is 9.14. The molecule has 1 N–H and O–H groups in total. The molecule has 0 unspecified atom stereocenters. The molecule has 27 heavy (non-hydrogen) atoms. The molecule has 0 saturated carbocycles. The molecule has 138 valence electrons. The third kappa shape index (κ3) is 3.18. The van der Waals surface area contributed by atoms with Crippen LogP contribution < -0.4 is 10.2 Å². The maximum absolute atomic E-state index is 12.9. The van der Waals surface area contributed by atoms with Gasteiger partial charge in [0.25, 0.3) is 0 Å². The van der Waals surface area contributed by atoms with Gasteiger partial charge >= 0.3 is 5.97 Å². The predicted molar refractivity (Wildman–Crippen MR) is 102 cm³/mol. The zero-order valence-corrected chi connectivity index (χ0v) is 15.1. The molecule has 2 heterocycles. The van der Waals surface area contributed by atoms with Crippen LogP contribution in [0.1, 0.15) is 24.1 Å². The molecule has 4 rings (SSSR count). The van der Waals surface area contributed by atoms with Gasteiger partial charge in [-0.3, -0.25) is 14.9 Å². The van der Waals surface area contributed by atoms with Crippen molar-refractivity contribution in [3.63, 3.8) is 0 Å². The second-order valence-electron chi connectivity index (χ2n) is 6.56. The molecule has 2 atom stereocenters. The van der Waals surface area contributed by atoms with Crippen LogP contribution in [-0.2, 0) is 20.7 Å². The number of para-hydroxylation sites is 1. The molecule has 2 aromatic rings. The van der Waals surface area contributed by atoms with Gasteiger partial charge in [0, 0.05) is 12.2 Å². The maximum Gasteiger partial charge on any atom is 0.321 e. The molecule has 0 bridgehead atoms. The number of ether oxygens (including phenoxy) is 1. The molecule has 1 amide bonds. The lowest BCUT2D eigenvalue weighted by molar-refractivity contribution is -0.153. The summed E-state index contributed by atoms with van der Waals surface area (Å²) < 4.78 is 5.14. The molecule has 0 spiro atoms. The summed E-state index contributed by atoms with van der Waals surface area (Å²) in [6.07, 6.45) is 0.891. The van der Waals surface area contributed by atoms with Crippen molar-refractivity contribution in [2.45, 2.75) is 19.4 Å². The lowest BCUT2D eigenvalue weighted by Crippen LogP contribution is -2.52. The number of carbonyl (C=O) groups excluding carboxylic acids is 2. The van der Waals surface area contributed by atoms with E-state index in [0.717, 1.165) is 24.2 Å². The Morgan fingerprint density at radius 1 is 1.19 bits per heavy atom. The Labute approximate surface area is 157 Å². The number of hydrogen-bond acceptors (Lipinski definition) is 5. The van der Waals surface area contributed by atoms with Crippen molar-refractivity contribution in [1.29, 1.82) is 0 Å². The largest absolute Gasteiger partial charge is 0.465 e. The fourth-order valence-electron chi connectivity index (χ4n) is 3.65. The van der Waals surface area contributed by atoms with E-state index in [2.05, 4.69) is 11.4 Å². The highest BCUT2D eigenvalue weighted by molar-refractivity contribution is 6.13. The van der Waals surface area contributed by atoms with Crippen LogP contribution in [0.4, 0.5) is 5.69 Å². The molecule has 2 aliphatic rings. The highest BCUT2D eigenvalue weighted by Gasteiger charge is 2.42. The Morgan fingerprint density at radius 3 is 2.70 bits per heavy atom. The van der Waals surface area contributed by atoms with E-state index in [1.807, 2.05) is 53.4 Å². The molecule has 0 saturated heterocycles. The smallest absolute Gasteiger partial charge is 0.321 e. The van der Waals surface area contributed by atoms with Crippen LogP contribution in [0.3, 0.4) is 0 Å². The zero-order valence-electron chi connectivity index (χ0n) is 15.1. The molecule has 0 aliphatic carbocycles. The van der Waals surface area contributed by atoms with Crippen LogP contribution in [0.5, 0.6) is 0 Å². The van der Waals surface area contributed by atoms with Gasteiger partial charge in [-0.05, 0) is 30.5 Å². The number of aliphatic imine (C=N–C) groups is 1. The lowest BCUT2D eigenvalue weighted by Gasteiger charge is -2.32. The summed E-state index contributed by atoms with van der Waals surface area (Å²) in [5.41, 5.74) is 3.08. The number of nitrogens with zero attached hydrogens (tertiary/aromatic N) is 2. The summed E-state index contributed by atoms with van der Waals surface area (Å²) in [6.45, 7) is 2.69. The summed E-state index contributed by atoms with van der Waals surface area (Å²) in [7, 11) is 0. The molecular formula is C21H21N3O3. The Hall–Kier alpha value is -3.15. The van der Waals surface area contributed by atoms with Crippen LogP contribution >= 0.6 is 0 Å². The first-order valence-electron chi connectivity index (χ1n) is 9.14. The number of carbonyl (C=O) groups is 2. The van der Waals surface area contributed by atoms with E-state index in [1.54, 1.807) is 6.92 Å². The standard InChI is InChI=1S/C21H21N3O3/c1-2-27-20(26)17-18(15-9-4-3-5-10-15)22-21(23-19(17)25)24-13-12-14-8-6-7-11-16(14)24/h3-11,17-18H,2,12-13H2,1H3,(H,22,23,25)/t17-,18+/m0/s1. The van der Waals surface area contributed by atoms with Crippen LogP contribution in [0, 0.1) is 5.92 Å². The monoisotopic (exact) mass is 363 g/mol.